The fourth-order valence-electron chi connectivity index (χ4n) is 1.98. The Morgan fingerprint density at radius 1 is 1.21 bits per heavy atom. The second kappa shape index (κ2) is 6.22. The Morgan fingerprint density at radius 3 is 2.63 bits per heavy atom. The van der Waals surface area contributed by atoms with Crippen LogP contribution in [0.5, 0.6) is 0 Å². The molecule has 1 saturated carbocycles. The lowest BCUT2D eigenvalue weighted by Crippen LogP contribution is -2.31. The molecule has 0 saturated heterocycles. The number of methoxy groups -OCH3 is 1. The van der Waals surface area contributed by atoms with E-state index in [9.17, 15) is 9.59 Å². The van der Waals surface area contributed by atoms with Crippen molar-refractivity contribution in [3.05, 3.63) is 30.3 Å². The van der Waals surface area contributed by atoms with Crippen molar-refractivity contribution in [1.29, 1.82) is 0 Å². The van der Waals surface area contributed by atoms with Gasteiger partial charge in [-0.15, -0.1) is 0 Å². The highest BCUT2D eigenvalue weighted by molar-refractivity contribution is 5.90. The second-order valence-corrected chi connectivity index (χ2v) is 4.56. The number of hydrogen-bond acceptors (Lipinski definition) is 4. The van der Waals surface area contributed by atoms with Crippen LogP contribution in [-0.4, -0.2) is 32.1 Å². The van der Waals surface area contributed by atoms with E-state index in [-0.39, 0.29) is 23.7 Å². The number of para-hydroxylation sites is 1. The predicted octanol–water partition coefficient (Wildman–Crippen LogP) is 1.02. The molecule has 0 spiro atoms. The first-order valence-electron chi connectivity index (χ1n) is 6.37. The van der Waals surface area contributed by atoms with E-state index in [1.54, 1.807) is 0 Å². The number of ether oxygens (including phenoxy) is 1. The number of carbonyl (C=O) groups is 2. The first kappa shape index (κ1) is 13.4. The summed E-state index contributed by atoms with van der Waals surface area (Å²) in [7, 11) is 1.35. The van der Waals surface area contributed by atoms with Crippen molar-refractivity contribution < 1.29 is 14.3 Å². The Bertz CT molecular complexity index is 447. The normalized spacial score (nSPS) is 20.5. The van der Waals surface area contributed by atoms with E-state index in [2.05, 4.69) is 15.4 Å². The zero-order chi connectivity index (χ0) is 13.7. The summed E-state index contributed by atoms with van der Waals surface area (Å²) >= 11 is 0. The molecule has 2 N–H and O–H groups in total. The number of hydrogen-bond donors (Lipinski definition) is 2. The van der Waals surface area contributed by atoms with Gasteiger partial charge < -0.3 is 15.4 Å². The number of carbonyl (C=O) groups excluding carboxylic acids is 2. The van der Waals surface area contributed by atoms with Gasteiger partial charge in [-0.05, 0) is 18.6 Å². The molecular formula is C14H18N2O3. The SMILES string of the molecule is COC(=O)C1CC1C(=O)NCCNc1ccccc1. The van der Waals surface area contributed by atoms with Crippen LogP contribution in [0.3, 0.4) is 0 Å². The van der Waals surface area contributed by atoms with Gasteiger partial charge in [0.05, 0.1) is 18.9 Å². The predicted molar refractivity (Wildman–Crippen MR) is 71.6 cm³/mol. The molecule has 1 aromatic carbocycles. The topological polar surface area (TPSA) is 67.4 Å². The highest BCUT2D eigenvalue weighted by Crippen LogP contribution is 2.39. The highest BCUT2D eigenvalue weighted by atomic mass is 16.5. The van der Waals surface area contributed by atoms with Crippen molar-refractivity contribution in [3.63, 3.8) is 0 Å². The van der Waals surface area contributed by atoms with Gasteiger partial charge in [0, 0.05) is 18.8 Å². The van der Waals surface area contributed by atoms with Crippen LogP contribution in [0.4, 0.5) is 5.69 Å². The van der Waals surface area contributed by atoms with Gasteiger partial charge in [0.15, 0.2) is 0 Å². The van der Waals surface area contributed by atoms with Crippen LogP contribution in [0.25, 0.3) is 0 Å². The Morgan fingerprint density at radius 2 is 1.95 bits per heavy atom. The van der Waals surface area contributed by atoms with Crippen LogP contribution in [0.15, 0.2) is 30.3 Å². The first-order chi connectivity index (χ1) is 9.22. The lowest BCUT2D eigenvalue weighted by molar-refractivity contribution is -0.143. The van der Waals surface area contributed by atoms with E-state index in [1.807, 2.05) is 30.3 Å². The van der Waals surface area contributed by atoms with Crippen LogP contribution in [0.2, 0.25) is 0 Å². The van der Waals surface area contributed by atoms with Crippen molar-refractivity contribution in [2.24, 2.45) is 11.8 Å². The van der Waals surface area contributed by atoms with Crippen LogP contribution < -0.4 is 10.6 Å². The maximum Gasteiger partial charge on any atom is 0.309 e. The lowest BCUT2D eigenvalue weighted by Gasteiger charge is -2.07. The molecule has 0 aliphatic heterocycles. The molecule has 1 fully saturated rings. The molecule has 0 bridgehead atoms. The molecule has 1 amide bonds. The number of esters is 1. The summed E-state index contributed by atoms with van der Waals surface area (Å²) in [5, 5.41) is 6.01. The number of nitrogens with one attached hydrogen (secondary N) is 2. The van der Waals surface area contributed by atoms with Crippen LogP contribution >= 0.6 is 0 Å². The number of rotatable bonds is 6. The molecule has 1 aliphatic carbocycles. The third-order valence-corrected chi connectivity index (χ3v) is 3.16. The zero-order valence-electron chi connectivity index (χ0n) is 10.9. The minimum absolute atomic E-state index is 0.0646. The molecule has 2 unspecified atom stereocenters. The minimum atomic E-state index is -0.289. The number of anilines is 1. The van der Waals surface area contributed by atoms with Gasteiger partial charge in [0.1, 0.15) is 0 Å². The van der Waals surface area contributed by atoms with Gasteiger partial charge in [0.25, 0.3) is 0 Å². The molecule has 0 radical (unpaired) electrons. The third kappa shape index (κ3) is 3.71. The molecule has 2 rings (SSSR count). The molecule has 102 valence electrons. The van der Waals surface area contributed by atoms with Gasteiger partial charge in [-0.2, -0.15) is 0 Å². The quantitative estimate of drug-likeness (QED) is 0.593. The largest absolute Gasteiger partial charge is 0.469 e. The first-order valence-corrected chi connectivity index (χ1v) is 6.37. The molecule has 0 aromatic heterocycles. The standard InChI is InChI=1S/C14H18N2O3/c1-19-14(18)12-9-11(12)13(17)16-8-7-15-10-5-3-2-4-6-10/h2-6,11-12,15H,7-9H2,1H3,(H,16,17). The van der Waals surface area contributed by atoms with Crippen molar-refractivity contribution in [2.45, 2.75) is 6.42 Å². The Kier molecular flexibility index (Phi) is 4.39. The molecule has 1 aliphatic rings. The van der Waals surface area contributed by atoms with Crippen LogP contribution in [-0.2, 0) is 14.3 Å². The molecule has 2 atom stereocenters. The van der Waals surface area contributed by atoms with E-state index < -0.39 is 0 Å². The van der Waals surface area contributed by atoms with E-state index >= 15 is 0 Å². The molecule has 19 heavy (non-hydrogen) atoms. The van der Waals surface area contributed by atoms with Crippen LogP contribution in [0.1, 0.15) is 6.42 Å². The Hall–Kier alpha value is -2.04. The molecule has 5 nitrogen and oxygen atoms in total. The van der Waals surface area contributed by atoms with E-state index in [4.69, 9.17) is 0 Å². The van der Waals surface area contributed by atoms with Crippen molar-refractivity contribution in [2.75, 3.05) is 25.5 Å². The van der Waals surface area contributed by atoms with Gasteiger partial charge in [-0.3, -0.25) is 9.59 Å². The number of amides is 1. The summed E-state index contributed by atoms with van der Waals surface area (Å²) in [4.78, 5) is 22.9. The van der Waals surface area contributed by atoms with Crippen LogP contribution in [0, 0.1) is 11.8 Å². The molecule has 5 heteroatoms. The van der Waals surface area contributed by atoms with Crippen molar-refractivity contribution >= 4 is 17.6 Å². The Labute approximate surface area is 112 Å². The Balaban J connectivity index is 1.62. The second-order valence-electron chi connectivity index (χ2n) is 4.56. The minimum Gasteiger partial charge on any atom is -0.469 e. The maximum atomic E-state index is 11.7. The fraction of sp³-hybridized carbons (Fsp3) is 0.429. The average Bonchev–Trinajstić information content (AvgIpc) is 3.24. The van der Waals surface area contributed by atoms with Gasteiger partial charge in [0.2, 0.25) is 5.91 Å². The summed E-state index contributed by atoms with van der Waals surface area (Å²) < 4.78 is 4.61. The van der Waals surface area contributed by atoms with Crippen molar-refractivity contribution in [1.82, 2.24) is 5.32 Å². The van der Waals surface area contributed by atoms with E-state index in [1.165, 1.54) is 7.11 Å². The smallest absolute Gasteiger partial charge is 0.309 e. The fourth-order valence-corrected chi connectivity index (χ4v) is 1.98. The maximum absolute atomic E-state index is 11.7. The van der Waals surface area contributed by atoms with E-state index in [0.29, 0.717) is 19.5 Å². The summed E-state index contributed by atoms with van der Waals surface area (Å²) in [6, 6.07) is 9.79. The highest BCUT2D eigenvalue weighted by Gasteiger charge is 2.48. The van der Waals surface area contributed by atoms with Crippen molar-refractivity contribution in [3.8, 4) is 0 Å². The summed E-state index contributed by atoms with van der Waals surface area (Å²) in [5.41, 5.74) is 1.02. The molecule has 1 aromatic rings. The zero-order valence-corrected chi connectivity index (χ0v) is 10.9. The van der Waals surface area contributed by atoms with Gasteiger partial charge in [-0.1, -0.05) is 18.2 Å². The average molecular weight is 262 g/mol. The number of benzene rings is 1. The molecular weight excluding hydrogens is 244 g/mol. The van der Waals surface area contributed by atoms with Gasteiger partial charge in [-0.25, -0.2) is 0 Å². The third-order valence-electron chi connectivity index (χ3n) is 3.16. The van der Waals surface area contributed by atoms with Gasteiger partial charge >= 0.3 is 5.97 Å². The summed E-state index contributed by atoms with van der Waals surface area (Å²) in [5.74, 6) is -0.802. The summed E-state index contributed by atoms with van der Waals surface area (Å²) in [6.45, 7) is 1.20. The molecule has 0 heterocycles. The monoisotopic (exact) mass is 262 g/mol. The van der Waals surface area contributed by atoms with E-state index in [0.717, 1.165) is 5.69 Å². The lowest BCUT2D eigenvalue weighted by atomic mass is 10.3. The summed E-state index contributed by atoms with van der Waals surface area (Å²) in [6.07, 6.45) is 0.602.